The van der Waals surface area contributed by atoms with Crippen molar-refractivity contribution in [2.24, 2.45) is 0 Å². The van der Waals surface area contributed by atoms with Crippen molar-refractivity contribution in [3.05, 3.63) is 29.0 Å². The summed E-state index contributed by atoms with van der Waals surface area (Å²) in [5.74, 6) is 0.221. The zero-order valence-electron chi connectivity index (χ0n) is 14.0. The van der Waals surface area contributed by atoms with Gasteiger partial charge in [-0.05, 0) is 32.9 Å². The molecule has 0 saturated carbocycles. The Morgan fingerprint density at radius 1 is 1.40 bits per heavy atom. The summed E-state index contributed by atoms with van der Waals surface area (Å²) in [6.07, 6.45) is 4.72. The van der Waals surface area contributed by atoms with E-state index in [1.165, 1.54) is 18.4 Å². The Bertz CT molecular complexity index is 867. The monoisotopic (exact) mass is 381 g/mol. The van der Waals surface area contributed by atoms with Gasteiger partial charge in [0.2, 0.25) is 10.0 Å². The topological polar surface area (TPSA) is 105 Å². The van der Waals surface area contributed by atoms with Crippen molar-refractivity contribution < 1.29 is 13.2 Å². The molecule has 1 amide bonds. The lowest BCUT2D eigenvalue weighted by atomic mass is 10.2. The summed E-state index contributed by atoms with van der Waals surface area (Å²) in [4.78, 5) is 27.8. The molecule has 25 heavy (non-hydrogen) atoms. The van der Waals surface area contributed by atoms with Gasteiger partial charge in [-0.15, -0.1) is 11.3 Å². The molecule has 2 aromatic heterocycles. The van der Waals surface area contributed by atoms with Crippen molar-refractivity contribution in [3.63, 3.8) is 0 Å². The van der Waals surface area contributed by atoms with Crippen molar-refractivity contribution in [2.75, 3.05) is 19.3 Å². The van der Waals surface area contributed by atoms with E-state index in [0.29, 0.717) is 34.4 Å². The second kappa shape index (κ2) is 7.14. The first-order valence-corrected chi connectivity index (χ1v) is 10.3. The second-order valence-corrected chi connectivity index (χ2v) is 8.76. The van der Waals surface area contributed by atoms with Gasteiger partial charge >= 0.3 is 0 Å². The molecule has 1 aliphatic rings. The molecule has 1 fully saturated rings. The molecule has 2 aromatic rings. The molecule has 1 unspecified atom stereocenters. The van der Waals surface area contributed by atoms with Crippen LogP contribution in [0.3, 0.4) is 0 Å². The Balaban J connectivity index is 1.84. The van der Waals surface area contributed by atoms with Crippen LogP contribution in [0.25, 0.3) is 10.8 Å². The smallest absolute Gasteiger partial charge is 0.266 e. The fourth-order valence-electron chi connectivity index (χ4n) is 2.84. The second-order valence-electron chi connectivity index (χ2n) is 5.79. The average Bonchev–Trinajstić information content (AvgIpc) is 3.21. The first-order valence-electron chi connectivity index (χ1n) is 7.88. The lowest BCUT2D eigenvalue weighted by molar-refractivity contribution is 0.0753. The average molecular weight is 381 g/mol. The molecule has 0 radical (unpaired) electrons. The SMILES string of the molecule is CNS(=O)(=O)CC1CCCN1C(=O)c1sc(-c2ncccn2)nc1C. The number of aromatic nitrogens is 3. The molecule has 10 heteroatoms. The van der Waals surface area contributed by atoms with Crippen LogP contribution in [-0.2, 0) is 10.0 Å². The molecule has 3 rings (SSSR count). The molecule has 0 spiro atoms. The maximum atomic E-state index is 12.9. The highest BCUT2D eigenvalue weighted by molar-refractivity contribution is 7.89. The Kier molecular flexibility index (Phi) is 5.11. The highest BCUT2D eigenvalue weighted by Crippen LogP contribution is 2.29. The van der Waals surface area contributed by atoms with Crippen molar-refractivity contribution in [2.45, 2.75) is 25.8 Å². The van der Waals surface area contributed by atoms with E-state index in [9.17, 15) is 13.2 Å². The number of nitrogens with one attached hydrogen (secondary N) is 1. The van der Waals surface area contributed by atoms with Crippen molar-refractivity contribution >= 4 is 27.3 Å². The van der Waals surface area contributed by atoms with Gasteiger partial charge in [-0.3, -0.25) is 4.79 Å². The quantitative estimate of drug-likeness (QED) is 0.830. The molecule has 1 N–H and O–H groups in total. The number of carbonyl (C=O) groups is 1. The number of likely N-dealkylation sites (tertiary alicyclic amines) is 1. The minimum atomic E-state index is -3.38. The van der Waals surface area contributed by atoms with Gasteiger partial charge in [0.25, 0.3) is 5.91 Å². The van der Waals surface area contributed by atoms with Crippen LogP contribution in [0.15, 0.2) is 18.5 Å². The zero-order chi connectivity index (χ0) is 18.0. The first kappa shape index (κ1) is 17.9. The molecule has 0 aromatic carbocycles. The summed E-state index contributed by atoms with van der Waals surface area (Å²) >= 11 is 1.24. The lowest BCUT2D eigenvalue weighted by Gasteiger charge is -2.24. The van der Waals surface area contributed by atoms with Gasteiger partial charge in [0.05, 0.1) is 11.4 Å². The predicted octanol–water partition coefficient (Wildman–Crippen LogP) is 1.06. The molecule has 3 heterocycles. The van der Waals surface area contributed by atoms with Crippen LogP contribution in [0.5, 0.6) is 0 Å². The third-order valence-corrected chi connectivity index (χ3v) is 6.70. The third-order valence-electron chi connectivity index (χ3n) is 4.11. The fraction of sp³-hybridized carbons (Fsp3) is 0.467. The maximum Gasteiger partial charge on any atom is 0.266 e. The number of carbonyl (C=O) groups excluding carboxylic acids is 1. The Morgan fingerprint density at radius 3 is 2.80 bits per heavy atom. The van der Waals surface area contributed by atoms with E-state index in [0.717, 1.165) is 6.42 Å². The largest absolute Gasteiger partial charge is 0.334 e. The number of rotatable bonds is 5. The lowest BCUT2D eigenvalue weighted by Crippen LogP contribution is -2.41. The Labute approximate surface area is 150 Å². The van der Waals surface area contributed by atoms with E-state index in [1.54, 1.807) is 30.3 Å². The first-order chi connectivity index (χ1) is 11.9. The fourth-order valence-corrected chi connectivity index (χ4v) is 4.83. The van der Waals surface area contributed by atoms with Gasteiger partial charge in [-0.2, -0.15) is 0 Å². The predicted molar refractivity (Wildman–Crippen MR) is 94.8 cm³/mol. The molecule has 0 bridgehead atoms. The molecule has 134 valence electrons. The van der Waals surface area contributed by atoms with Crippen LogP contribution in [0, 0.1) is 6.92 Å². The molecule has 0 aliphatic carbocycles. The van der Waals surface area contributed by atoms with Gasteiger partial charge in [-0.1, -0.05) is 0 Å². The summed E-state index contributed by atoms with van der Waals surface area (Å²) in [7, 11) is -1.99. The third kappa shape index (κ3) is 3.86. The van der Waals surface area contributed by atoms with Crippen molar-refractivity contribution in [1.29, 1.82) is 0 Å². The number of aryl methyl sites for hydroxylation is 1. The summed E-state index contributed by atoms with van der Waals surface area (Å²) < 4.78 is 26.0. The standard InChI is InChI=1S/C15H19N5O3S2/c1-10-12(24-14(19-10)13-17-6-4-7-18-13)15(21)20-8-3-5-11(20)9-25(22,23)16-2/h4,6-7,11,16H,3,5,8-9H2,1-2H3. The van der Waals surface area contributed by atoms with Crippen LogP contribution in [-0.4, -0.2) is 59.6 Å². The number of hydrogen-bond acceptors (Lipinski definition) is 7. The number of thiazole rings is 1. The van der Waals surface area contributed by atoms with Gasteiger partial charge < -0.3 is 4.90 Å². The van der Waals surface area contributed by atoms with Crippen LogP contribution in [0.2, 0.25) is 0 Å². The van der Waals surface area contributed by atoms with E-state index in [1.807, 2.05) is 0 Å². The van der Waals surface area contributed by atoms with Gasteiger partial charge in [-0.25, -0.2) is 28.1 Å². The normalized spacial score (nSPS) is 17.8. The number of nitrogens with zero attached hydrogens (tertiary/aromatic N) is 4. The van der Waals surface area contributed by atoms with Gasteiger partial charge in [0.15, 0.2) is 10.8 Å². The Hall–Kier alpha value is -1.91. The molecule has 1 aliphatic heterocycles. The summed E-state index contributed by atoms with van der Waals surface area (Å²) in [5.41, 5.74) is 0.611. The minimum absolute atomic E-state index is 0.0816. The molecular formula is C15H19N5O3S2. The molecule has 8 nitrogen and oxygen atoms in total. The molecular weight excluding hydrogens is 362 g/mol. The van der Waals surface area contributed by atoms with Gasteiger partial charge in [0.1, 0.15) is 4.88 Å². The van der Waals surface area contributed by atoms with Crippen LogP contribution >= 0.6 is 11.3 Å². The van der Waals surface area contributed by atoms with Gasteiger partial charge in [0, 0.05) is 25.0 Å². The number of hydrogen-bond donors (Lipinski definition) is 1. The number of sulfonamides is 1. The van der Waals surface area contributed by atoms with Crippen LogP contribution < -0.4 is 4.72 Å². The van der Waals surface area contributed by atoms with Crippen LogP contribution in [0.4, 0.5) is 0 Å². The maximum absolute atomic E-state index is 12.9. The van der Waals surface area contributed by atoms with Crippen molar-refractivity contribution in [1.82, 2.24) is 24.6 Å². The Morgan fingerprint density at radius 2 is 2.12 bits per heavy atom. The molecule has 1 atom stereocenters. The van der Waals surface area contributed by atoms with Crippen LogP contribution in [0.1, 0.15) is 28.2 Å². The number of amides is 1. The zero-order valence-corrected chi connectivity index (χ0v) is 15.6. The van der Waals surface area contributed by atoms with E-state index < -0.39 is 10.0 Å². The molecule has 1 saturated heterocycles. The summed E-state index contributed by atoms with van der Waals surface area (Å²) in [6.45, 7) is 2.32. The van der Waals surface area contributed by atoms with E-state index in [2.05, 4.69) is 19.7 Å². The summed E-state index contributed by atoms with van der Waals surface area (Å²) in [6, 6.07) is 1.40. The van der Waals surface area contributed by atoms with Crippen molar-refractivity contribution in [3.8, 4) is 10.8 Å². The highest BCUT2D eigenvalue weighted by atomic mass is 32.2. The van der Waals surface area contributed by atoms with E-state index in [4.69, 9.17) is 0 Å². The van der Waals surface area contributed by atoms with E-state index >= 15 is 0 Å². The minimum Gasteiger partial charge on any atom is -0.334 e. The summed E-state index contributed by atoms with van der Waals surface area (Å²) in [5, 5.41) is 0.583. The van der Waals surface area contributed by atoms with E-state index in [-0.39, 0.29) is 17.7 Å². The highest BCUT2D eigenvalue weighted by Gasteiger charge is 2.34.